The van der Waals surface area contributed by atoms with E-state index in [1.807, 2.05) is 6.07 Å². The summed E-state index contributed by atoms with van der Waals surface area (Å²) in [6, 6.07) is 6.99. The highest BCUT2D eigenvalue weighted by Gasteiger charge is 1.98. The molecule has 0 radical (unpaired) electrons. The zero-order valence-electron chi connectivity index (χ0n) is 6.84. The largest absolute Gasteiger partial charge is 0.320 e. The molecule has 2 nitrogen and oxygen atoms in total. The Morgan fingerprint density at radius 3 is 2.77 bits per heavy atom. The molecule has 1 rings (SSSR count). The molecule has 0 saturated carbocycles. The zero-order chi connectivity index (χ0) is 9.68. The minimum atomic E-state index is 0.275. The lowest BCUT2D eigenvalue weighted by molar-refractivity contribution is 1.30. The molecule has 0 atom stereocenters. The molecule has 0 fully saturated rings. The molecule has 0 heterocycles. The number of rotatable bonds is 0. The maximum absolute atomic E-state index is 8.72. The number of halogens is 1. The van der Waals surface area contributed by atoms with Crippen molar-refractivity contribution in [2.75, 3.05) is 6.54 Å². The normalized spacial score (nSPS) is 8.38. The number of benzene rings is 1. The van der Waals surface area contributed by atoms with Crippen LogP contribution in [0.3, 0.4) is 0 Å². The first kappa shape index (κ1) is 9.61. The van der Waals surface area contributed by atoms with E-state index in [9.17, 15) is 0 Å². The zero-order valence-corrected chi connectivity index (χ0v) is 7.60. The van der Waals surface area contributed by atoms with E-state index in [4.69, 9.17) is 22.6 Å². The van der Waals surface area contributed by atoms with E-state index in [-0.39, 0.29) is 6.54 Å². The molecule has 0 bridgehead atoms. The molecular formula is C10H7ClN2. The quantitative estimate of drug-likeness (QED) is 0.631. The van der Waals surface area contributed by atoms with Gasteiger partial charge in [-0.05, 0) is 18.2 Å². The van der Waals surface area contributed by atoms with Crippen LogP contribution in [0.4, 0.5) is 0 Å². The van der Waals surface area contributed by atoms with E-state index < -0.39 is 0 Å². The SMILES string of the molecule is N#Cc1ccc(Cl)cc1C#CCN. The molecule has 64 valence electrons. The van der Waals surface area contributed by atoms with E-state index in [1.165, 1.54) is 0 Å². The Balaban J connectivity index is 3.18. The Morgan fingerprint density at radius 2 is 2.15 bits per heavy atom. The molecule has 0 aliphatic rings. The molecule has 1 aromatic carbocycles. The predicted octanol–water partition coefficient (Wildman–Crippen LogP) is 1.52. The third kappa shape index (κ3) is 2.49. The van der Waals surface area contributed by atoms with Gasteiger partial charge in [-0.15, -0.1) is 0 Å². The maximum Gasteiger partial charge on any atom is 0.100 e. The smallest absolute Gasteiger partial charge is 0.100 e. The summed E-state index contributed by atoms with van der Waals surface area (Å²) in [4.78, 5) is 0. The van der Waals surface area contributed by atoms with Crippen molar-refractivity contribution in [1.29, 1.82) is 5.26 Å². The van der Waals surface area contributed by atoms with Crippen LogP contribution in [-0.4, -0.2) is 6.54 Å². The first-order valence-electron chi connectivity index (χ1n) is 3.66. The number of nitrogens with zero attached hydrogens (tertiary/aromatic N) is 1. The second-order valence-corrected chi connectivity index (χ2v) is 2.74. The number of nitriles is 1. The maximum atomic E-state index is 8.72. The van der Waals surface area contributed by atoms with E-state index in [1.54, 1.807) is 18.2 Å². The summed E-state index contributed by atoms with van der Waals surface area (Å²) in [5, 5.41) is 9.29. The molecule has 0 aliphatic heterocycles. The van der Waals surface area contributed by atoms with Crippen LogP contribution >= 0.6 is 11.6 Å². The summed E-state index contributed by atoms with van der Waals surface area (Å²) in [6.45, 7) is 0.275. The molecular weight excluding hydrogens is 184 g/mol. The molecule has 0 aliphatic carbocycles. The second kappa shape index (κ2) is 4.52. The summed E-state index contributed by atoms with van der Waals surface area (Å²) < 4.78 is 0. The van der Waals surface area contributed by atoms with Gasteiger partial charge in [0.05, 0.1) is 12.1 Å². The van der Waals surface area contributed by atoms with Gasteiger partial charge in [-0.1, -0.05) is 23.4 Å². The first-order chi connectivity index (χ1) is 6.27. The lowest BCUT2D eigenvalue weighted by atomic mass is 10.1. The summed E-state index contributed by atoms with van der Waals surface area (Å²) in [5.41, 5.74) is 6.36. The van der Waals surface area contributed by atoms with Crippen LogP contribution in [0.5, 0.6) is 0 Å². The van der Waals surface area contributed by atoms with Crippen molar-refractivity contribution < 1.29 is 0 Å². The molecule has 0 spiro atoms. The Hall–Kier alpha value is -1.48. The van der Waals surface area contributed by atoms with E-state index in [0.717, 1.165) is 0 Å². The van der Waals surface area contributed by atoms with Crippen LogP contribution in [0.25, 0.3) is 0 Å². The Labute approximate surface area is 81.9 Å². The van der Waals surface area contributed by atoms with Crippen LogP contribution in [0.15, 0.2) is 18.2 Å². The Bertz CT molecular complexity index is 407. The number of nitrogens with two attached hydrogens (primary N) is 1. The van der Waals surface area contributed by atoms with Crippen molar-refractivity contribution in [3.8, 4) is 17.9 Å². The van der Waals surface area contributed by atoms with Gasteiger partial charge in [-0.3, -0.25) is 0 Å². The summed E-state index contributed by atoms with van der Waals surface area (Å²) >= 11 is 5.74. The van der Waals surface area contributed by atoms with Gasteiger partial charge in [0, 0.05) is 10.6 Å². The lowest BCUT2D eigenvalue weighted by Crippen LogP contribution is -1.93. The van der Waals surface area contributed by atoms with Gasteiger partial charge >= 0.3 is 0 Å². The third-order valence-corrected chi connectivity index (χ3v) is 1.66. The van der Waals surface area contributed by atoms with Gasteiger partial charge in [0.1, 0.15) is 6.07 Å². The van der Waals surface area contributed by atoms with Gasteiger partial charge in [0.25, 0.3) is 0 Å². The van der Waals surface area contributed by atoms with Gasteiger partial charge in [0.2, 0.25) is 0 Å². The first-order valence-corrected chi connectivity index (χ1v) is 4.04. The summed E-state index contributed by atoms with van der Waals surface area (Å²) in [6.07, 6.45) is 0. The predicted molar refractivity (Wildman–Crippen MR) is 52.1 cm³/mol. The fourth-order valence-electron chi connectivity index (χ4n) is 0.864. The van der Waals surface area contributed by atoms with E-state index in [0.29, 0.717) is 16.1 Å². The van der Waals surface area contributed by atoms with Gasteiger partial charge < -0.3 is 5.73 Å². The van der Waals surface area contributed by atoms with Crippen molar-refractivity contribution >= 4 is 11.6 Å². The van der Waals surface area contributed by atoms with Crippen LogP contribution in [0, 0.1) is 23.2 Å². The van der Waals surface area contributed by atoms with E-state index >= 15 is 0 Å². The van der Waals surface area contributed by atoms with Crippen molar-refractivity contribution in [3.63, 3.8) is 0 Å². The van der Waals surface area contributed by atoms with E-state index in [2.05, 4.69) is 11.8 Å². The fraction of sp³-hybridized carbons (Fsp3) is 0.100. The monoisotopic (exact) mass is 190 g/mol. The van der Waals surface area contributed by atoms with Crippen molar-refractivity contribution in [1.82, 2.24) is 0 Å². The molecule has 0 unspecified atom stereocenters. The van der Waals surface area contributed by atoms with Gasteiger partial charge in [0.15, 0.2) is 0 Å². The molecule has 0 amide bonds. The number of hydrogen-bond acceptors (Lipinski definition) is 2. The highest BCUT2D eigenvalue weighted by atomic mass is 35.5. The van der Waals surface area contributed by atoms with Crippen LogP contribution in [0.1, 0.15) is 11.1 Å². The van der Waals surface area contributed by atoms with Crippen LogP contribution in [-0.2, 0) is 0 Å². The van der Waals surface area contributed by atoms with Gasteiger partial charge in [-0.25, -0.2) is 0 Å². The summed E-state index contributed by atoms with van der Waals surface area (Å²) in [5.74, 6) is 5.46. The minimum Gasteiger partial charge on any atom is -0.320 e. The molecule has 2 N–H and O–H groups in total. The molecule has 0 saturated heterocycles. The fourth-order valence-corrected chi connectivity index (χ4v) is 1.04. The number of hydrogen-bond donors (Lipinski definition) is 1. The third-order valence-electron chi connectivity index (χ3n) is 1.43. The molecule has 13 heavy (non-hydrogen) atoms. The summed E-state index contributed by atoms with van der Waals surface area (Å²) in [7, 11) is 0. The van der Waals surface area contributed by atoms with Crippen LogP contribution in [0.2, 0.25) is 5.02 Å². The van der Waals surface area contributed by atoms with Crippen LogP contribution < -0.4 is 5.73 Å². The lowest BCUT2D eigenvalue weighted by Gasteiger charge is -1.94. The standard InChI is InChI=1S/C10H7ClN2/c11-10-4-3-9(7-13)8(6-10)2-1-5-12/h3-4,6H,5,12H2. The molecule has 0 aromatic heterocycles. The topological polar surface area (TPSA) is 49.8 Å². The molecule has 1 aromatic rings. The Morgan fingerprint density at radius 1 is 1.38 bits per heavy atom. The second-order valence-electron chi connectivity index (χ2n) is 2.31. The average Bonchev–Trinajstić information content (AvgIpc) is 2.15. The minimum absolute atomic E-state index is 0.275. The van der Waals surface area contributed by atoms with Crippen molar-refractivity contribution in [3.05, 3.63) is 34.3 Å². The average molecular weight is 191 g/mol. The Kier molecular flexibility index (Phi) is 3.34. The van der Waals surface area contributed by atoms with Crippen molar-refractivity contribution in [2.45, 2.75) is 0 Å². The van der Waals surface area contributed by atoms with Crippen molar-refractivity contribution in [2.24, 2.45) is 5.73 Å². The molecule has 3 heteroatoms. The van der Waals surface area contributed by atoms with Gasteiger partial charge in [-0.2, -0.15) is 5.26 Å². The highest BCUT2D eigenvalue weighted by molar-refractivity contribution is 6.30. The highest BCUT2D eigenvalue weighted by Crippen LogP contribution is 2.14.